The van der Waals surface area contributed by atoms with E-state index in [0.29, 0.717) is 0 Å². The largest absolute Gasteiger partial charge is 0.456 e. The van der Waals surface area contributed by atoms with Gasteiger partial charge in [-0.25, -0.2) is 0 Å². The number of anilines is 3. The summed E-state index contributed by atoms with van der Waals surface area (Å²) in [7, 11) is 0. The molecule has 0 atom stereocenters. The van der Waals surface area contributed by atoms with E-state index in [-0.39, 0.29) is 0 Å². The average molecular weight is 796 g/mol. The fourth-order valence-electron chi connectivity index (χ4n) is 9.14. The third-order valence-electron chi connectivity index (χ3n) is 12.1. The van der Waals surface area contributed by atoms with Crippen molar-refractivity contribution >= 4 is 59.3 Å². The van der Waals surface area contributed by atoms with Gasteiger partial charge in [0.2, 0.25) is 0 Å². The minimum Gasteiger partial charge on any atom is -0.456 e. The summed E-state index contributed by atoms with van der Waals surface area (Å²) in [6.45, 7) is 0. The second kappa shape index (κ2) is 14.5. The van der Waals surface area contributed by atoms with Gasteiger partial charge in [0.25, 0.3) is 0 Å². The highest BCUT2D eigenvalue weighted by Gasteiger charge is 2.26. The topological polar surface area (TPSA) is 12.5 Å². The Morgan fingerprint density at radius 2 is 0.885 bits per heavy atom. The molecule has 12 rings (SSSR count). The van der Waals surface area contributed by atoms with Gasteiger partial charge in [-0.15, -0.1) is 11.3 Å². The number of thiophene rings is 1. The molecular weight excluding hydrogens is 759 g/mol. The number of ether oxygens (including phenoxy) is 1. The van der Waals surface area contributed by atoms with Crippen LogP contribution in [0.4, 0.5) is 17.1 Å². The molecule has 1 aliphatic heterocycles. The van der Waals surface area contributed by atoms with Gasteiger partial charge in [0.15, 0.2) is 0 Å². The molecule has 1 aromatic heterocycles. The quantitative estimate of drug-likeness (QED) is 0.166. The van der Waals surface area contributed by atoms with E-state index in [0.717, 1.165) is 61.9 Å². The molecule has 0 N–H and O–H groups in total. The molecule has 61 heavy (non-hydrogen) atoms. The van der Waals surface area contributed by atoms with Crippen LogP contribution in [0.1, 0.15) is 0 Å². The van der Waals surface area contributed by atoms with Crippen LogP contribution in [0.3, 0.4) is 0 Å². The van der Waals surface area contributed by atoms with Crippen LogP contribution in [0.15, 0.2) is 224 Å². The van der Waals surface area contributed by atoms with Crippen LogP contribution in [0.2, 0.25) is 0 Å². The van der Waals surface area contributed by atoms with Gasteiger partial charge in [-0.3, -0.25) is 0 Å². The molecule has 286 valence electrons. The molecule has 0 spiro atoms. The summed E-state index contributed by atoms with van der Waals surface area (Å²) < 4.78 is 9.62. The van der Waals surface area contributed by atoms with E-state index >= 15 is 0 Å². The van der Waals surface area contributed by atoms with Crippen molar-refractivity contribution in [3.8, 4) is 67.1 Å². The highest BCUT2D eigenvalue weighted by Crippen LogP contribution is 2.53. The molecule has 2 heterocycles. The number of fused-ring (bicyclic) bond motifs is 9. The summed E-state index contributed by atoms with van der Waals surface area (Å²) >= 11 is 1.87. The number of benzene rings is 10. The Kier molecular flexibility index (Phi) is 8.39. The smallest absolute Gasteiger partial charge is 0.135 e. The SMILES string of the molecule is c1ccc(-c2ccc(N(c3ccc(-c4cccc5c4sc4ccccc45)cc3)c3ccc4c(c3)-c3cc5ccccc5cc3-c3c(cccc3-c3ccccc3)O4)cc2)cc1. The monoisotopic (exact) mass is 795 g/mol. The van der Waals surface area contributed by atoms with Crippen LogP contribution in [-0.2, 0) is 0 Å². The molecule has 0 saturated carbocycles. The molecule has 0 amide bonds. The Hall–Kier alpha value is -7.72. The molecule has 0 radical (unpaired) electrons. The zero-order valence-electron chi connectivity index (χ0n) is 33.1. The summed E-state index contributed by atoms with van der Waals surface area (Å²) in [4.78, 5) is 2.37. The van der Waals surface area contributed by atoms with Crippen molar-refractivity contribution in [2.75, 3.05) is 4.90 Å². The standard InChI is InChI=1S/C58H37NOS/c1-3-13-38(14-4-1)39-25-29-44(30-26-39)59(45-31-27-41(28-32-45)48-21-11-22-50-49-19-9-10-24-56(49)61-58(48)50)46-33-34-54-52(37-46)51-35-42-17-7-8-18-43(42)36-53(51)57-47(20-12-23-55(57)60-54)40-15-5-2-6-16-40/h1-37H. The first kappa shape index (κ1) is 35.2. The van der Waals surface area contributed by atoms with Gasteiger partial charge < -0.3 is 9.64 Å². The zero-order valence-corrected chi connectivity index (χ0v) is 33.9. The van der Waals surface area contributed by atoms with Crippen molar-refractivity contribution in [1.82, 2.24) is 0 Å². The number of rotatable bonds is 6. The minimum atomic E-state index is 0.829. The Bertz CT molecular complexity index is 3420. The first-order chi connectivity index (χ1) is 30.2. The van der Waals surface area contributed by atoms with Crippen LogP contribution in [0.25, 0.3) is 86.6 Å². The molecule has 0 aliphatic carbocycles. The molecule has 0 saturated heterocycles. The molecule has 3 heteroatoms. The third kappa shape index (κ3) is 6.09. The predicted molar refractivity (Wildman–Crippen MR) is 259 cm³/mol. The number of nitrogens with zero attached hydrogens (tertiary/aromatic N) is 1. The summed E-state index contributed by atoms with van der Waals surface area (Å²) in [5.41, 5.74) is 14.8. The van der Waals surface area contributed by atoms with Gasteiger partial charge in [-0.1, -0.05) is 158 Å². The summed E-state index contributed by atoms with van der Waals surface area (Å²) in [5, 5.41) is 5.00. The second-order valence-electron chi connectivity index (χ2n) is 15.6. The Morgan fingerprint density at radius 1 is 0.328 bits per heavy atom. The molecule has 2 nitrogen and oxygen atoms in total. The lowest BCUT2D eigenvalue weighted by atomic mass is 9.87. The van der Waals surface area contributed by atoms with E-state index in [1.54, 1.807) is 0 Å². The molecular formula is C58H37NOS. The van der Waals surface area contributed by atoms with Crippen molar-refractivity contribution in [2.24, 2.45) is 0 Å². The first-order valence-electron chi connectivity index (χ1n) is 20.7. The van der Waals surface area contributed by atoms with Gasteiger partial charge in [-0.05, 0) is 122 Å². The van der Waals surface area contributed by atoms with Gasteiger partial charge >= 0.3 is 0 Å². The summed E-state index contributed by atoms with van der Waals surface area (Å²) in [5.74, 6) is 1.68. The minimum absolute atomic E-state index is 0.829. The Morgan fingerprint density at radius 3 is 1.64 bits per heavy atom. The average Bonchev–Trinajstić information content (AvgIpc) is 3.65. The lowest BCUT2D eigenvalue weighted by Gasteiger charge is -2.27. The lowest BCUT2D eigenvalue weighted by Crippen LogP contribution is -2.10. The van der Waals surface area contributed by atoms with E-state index in [1.807, 2.05) is 11.3 Å². The van der Waals surface area contributed by atoms with Gasteiger partial charge in [0.1, 0.15) is 11.5 Å². The van der Waals surface area contributed by atoms with E-state index in [2.05, 4.69) is 229 Å². The first-order valence-corrected chi connectivity index (χ1v) is 21.6. The fraction of sp³-hybridized carbons (Fsp3) is 0. The Balaban J connectivity index is 1.03. The predicted octanol–water partition coefficient (Wildman–Crippen LogP) is 17.1. The molecule has 1 aliphatic rings. The number of hydrogen-bond donors (Lipinski definition) is 0. The van der Waals surface area contributed by atoms with Crippen molar-refractivity contribution < 1.29 is 4.74 Å². The molecule has 11 aromatic rings. The zero-order chi connectivity index (χ0) is 40.3. The molecule has 10 aromatic carbocycles. The van der Waals surface area contributed by atoms with Crippen molar-refractivity contribution in [3.05, 3.63) is 224 Å². The number of hydrogen-bond acceptors (Lipinski definition) is 3. The normalized spacial score (nSPS) is 11.7. The lowest BCUT2D eigenvalue weighted by molar-refractivity contribution is 0.488. The van der Waals surface area contributed by atoms with E-state index < -0.39 is 0 Å². The third-order valence-corrected chi connectivity index (χ3v) is 13.3. The van der Waals surface area contributed by atoms with Crippen molar-refractivity contribution in [2.45, 2.75) is 0 Å². The second-order valence-corrected chi connectivity index (χ2v) is 16.7. The van der Waals surface area contributed by atoms with Crippen molar-refractivity contribution in [1.29, 1.82) is 0 Å². The molecule has 0 unspecified atom stereocenters. The maximum Gasteiger partial charge on any atom is 0.135 e. The van der Waals surface area contributed by atoms with Crippen molar-refractivity contribution in [3.63, 3.8) is 0 Å². The van der Waals surface area contributed by atoms with Crippen LogP contribution in [-0.4, -0.2) is 0 Å². The highest BCUT2D eigenvalue weighted by molar-refractivity contribution is 7.26. The van der Waals surface area contributed by atoms with Gasteiger partial charge in [0, 0.05) is 48.4 Å². The molecule has 0 fully saturated rings. The van der Waals surface area contributed by atoms with Crippen LogP contribution in [0, 0.1) is 0 Å². The summed E-state index contributed by atoms with van der Waals surface area (Å²) in [6, 6.07) is 81.0. The van der Waals surface area contributed by atoms with Gasteiger partial charge in [0.05, 0.1) is 0 Å². The Labute approximate surface area is 358 Å². The molecule has 0 bridgehead atoms. The van der Waals surface area contributed by atoms with Gasteiger partial charge in [-0.2, -0.15) is 0 Å². The fourth-order valence-corrected chi connectivity index (χ4v) is 10.4. The van der Waals surface area contributed by atoms with E-state index in [4.69, 9.17) is 4.74 Å². The summed E-state index contributed by atoms with van der Waals surface area (Å²) in [6.07, 6.45) is 0. The maximum absolute atomic E-state index is 6.99. The van der Waals surface area contributed by atoms with Crippen LogP contribution < -0.4 is 9.64 Å². The maximum atomic E-state index is 6.99. The van der Waals surface area contributed by atoms with E-state index in [9.17, 15) is 0 Å². The highest BCUT2D eigenvalue weighted by atomic mass is 32.1. The van der Waals surface area contributed by atoms with Crippen LogP contribution in [0.5, 0.6) is 11.5 Å². The van der Waals surface area contributed by atoms with Crippen LogP contribution >= 0.6 is 11.3 Å². The van der Waals surface area contributed by atoms with E-state index in [1.165, 1.54) is 53.2 Å².